The monoisotopic (exact) mass is 182 g/mol. The standard InChI is InChI=1S/C10H14O.CH4O/c1-3-9-5-4-6-10(2,7-9)8-11;1-2/h4-5,7-8H,3,6H2,1-2H3;2H,1H3. The molecule has 0 radical (unpaired) electrons. The van der Waals surface area contributed by atoms with Crippen molar-refractivity contribution in [2.24, 2.45) is 5.41 Å². The molecule has 1 aliphatic rings. The summed E-state index contributed by atoms with van der Waals surface area (Å²) < 4.78 is 0. The van der Waals surface area contributed by atoms with Gasteiger partial charge in [-0.25, -0.2) is 0 Å². The van der Waals surface area contributed by atoms with E-state index in [4.69, 9.17) is 5.11 Å². The van der Waals surface area contributed by atoms with Gasteiger partial charge in [-0.3, -0.25) is 0 Å². The summed E-state index contributed by atoms with van der Waals surface area (Å²) in [6, 6.07) is 0. The predicted octanol–water partition coefficient (Wildman–Crippen LogP) is 2.10. The van der Waals surface area contributed by atoms with Gasteiger partial charge in [-0.15, -0.1) is 0 Å². The normalized spacial score (nSPS) is 25.7. The van der Waals surface area contributed by atoms with Gasteiger partial charge in [0.1, 0.15) is 6.29 Å². The average molecular weight is 182 g/mol. The molecule has 0 heterocycles. The van der Waals surface area contributed by atoms with Crippen LogP contribution < -0.4 is 0 Å². The van der Waals surface area contributed by atoms with Crippen molar-refractivity contribution in [1.82, 2.24) is 0 Å². The zero-order valence-electron chi connectivity index (χ0n) is 8.58. The largest absolute Gasteiger partial charge is 0.400 e. The van der Waals surface area contributed by atoms with E-state index in [1.165, 1.54) is 5.57 Å². The number of carbonyl (C=O) groups is 1. The van der Waals surface area contributed by atoms with Crippen LogP contribution in [-0.4, -0.2) is 18.5 Å². The number of allylic oxidation sites excluding steroid dienone is 4. The van der Waals surface area contributed by atoms with Crippen LogP contribution in [0.25, 0.3) is 0 Å². The number of rotatable bonds is 2. The van der Waals surface area contributed by atoms with E-state index in [-0.39, 0.29) is 5.41 Å². The van der Waals surface area contributed by atoms with Crippen molar-refractivity contribution in [2.45, 2.75) is 26.7 Å². The molecule has 0 aliphatic heterocycles. The molecular weight excluding hydrogens is 164 g/mol. The number of aldehydes is 1. The maximum Gasteiger partial charge on any atom is 0.129 e. The van der Waals surface area contributed by atoms with E-state index in [9.17, 15) is 4.79 Å². The van der Waals surface area contributed by atoms with Gasteiger partial charge < -0.3 is 9.90 Å². The minimum absolute atomic E-state index is 0.236. The zero-order chi connectivity index (χ0) is 10.3. The molecule has 1 aliphatic carbocycles. The van der Waals surface area contributed by atoms with Gasteiger partial charge in [0.2, 0.25) is 0 Å². The lowest BCUT2D eigenvalue weighted by Crippen LogP contribution is -2.16. The van der Waals surface area contributed by atoms with Crippen LogP contribution in [0.4, 0.5) is 0 Å². The molecule has 1 unspecified atom stereocenters. The molecule has 0 fully saturated rings. The molecular formula is C11H18O2. The first-order valence-electron chi connectivity index (χ1n) is 4.49. The summed E-state index contributed by atoms with van der Waals surface area (Å²) >= 11 is 0. The molecule has 13 heavy (non-hydrogen) atoms. The summed E-state index contributed by atoms with van der Waals surface area (Å²) in [5.74, 6) is 0. The van der Waals surface area contributed by atoms with Crippen molar-refractivity contribution < 1.29 is 9.90 Å². The van der Waals surface area contributed by atoms with Crippen molar-refractivity contribution in [3.05, 3.63) is 23.8 Å². The highest BCUT2D eigenvalue weighted by Crippen LogP contribution is 2.28. The van der Waals surface area contributed by atoms with Crippen LogP contribution in [0.3, 0.4) is 0 Å². The Labute approximate surface area is 80.0 Å². The summed E-state index contributed by atoms with van der Waals surface area (Å²) in [4.78, 5) is 10.7. The summed E-state index contributed by atoms with van der Waals surface area (Å²) in [6.45, 7) is 4.08. The molecule has 1 N–H and O–H groups in total. The Bertz CT molecular complexity index is 216. The second-order valence-corrected chi connectivity index (χ2v) is 3.30. The van der Waals surface area contributed by atoms with Crippen LogP contribution in [0, 0.1) is 5.41 Å². The first-order chi connectivity index (χ1) is 6.20. The summed E-state index contributed by atoms with van der Waals surface area (Å²) in [5.41, 5.74) is 1.03. The van der Waals surface area contributed by atoms with Gasteiger partial charge in [0.05, 0.1) is 0 Å². The molecule has 2 heteroatoms. The van der Waals surface area contributed by atoms with E-state index in [1.54, 1.807) is 0 Å². The number of aliphatic hydroxyl groups is 1. The second-order valence-electron chi connectivity index (χ2n) is 3.30. The number of aliphatic hydroxyl groups excluding tert-OH is 1. The SMILES string of the molecule is CCC1=CC(C)(C=O)CC=C1.CO. The van der Waals surface area contributed by atoms with Crippen LogP contribution in [0.15, 0.2) is 23.8 Å². The van der Waals surface area contributed by atoms with Gasteiger partial charge in [-0.2, -0.15) is 0 Å². The van der Waals surface area contributed by atoms with Gasteiger partial charge in [0.25, 0.3) is 0 Å². The summed E-state index contributed by atoms with van der Waals surface area (Å²) in [6.07, 6.45) is 9.14. The smallest absolute Gasteiger partial charge is 0.129 e. The van der Waals surface area contributed by atoms with Crippen molar-refractivity contribution in [1.29, 1.82) is 0 Å². The molecule has 0 spiro atoms. The zero-order valence-corrected chi connectivity index (χ0v) is 8.58. The van der Waals surface area contributed by atoms with Crippen LogP contribution in [-0.2, 0) is 4.79 Å². The molecule has 1 rings (SSSR count). The van der Waals surface area contributed by atoms with Gasteiger partial charge >= 0.3 is 0 Å². The molecule has 0 aromatic heterocycles. The quantitative estimate of drug-likeness (QED) is 0.664. The predicted molar refractivity (Wildman–Crippen MR) is 54.4 cm³/mol. The van der Waals surface area contributed by atoms with Crippen LogP contribution in [0.1, 0.15) is 26.7 Å². The van der Waals surface area contributed by atoms with E-state index >= 15 is 0 Å². The second kappa shape index (κ2) is 5.70. The van der Waals surface area contributed by atoms with Gasteiger partial charge in [0.15, 0.2) is 0 Å². The molecule has 74 valence electrons. The molecule has 2 nitrogen and oxygen atoms in total. The van der Waals surface area contributed by atoms with E-state index in [1.807, 2.05) is 6.92 Å². The first kappa shape index (κ1) is 12.1. The lowest BCUT2D eigenvalue weighted by molar-refractivity contribution is -0.113. The Hall–Kier alpha value is -0.890. The molecule has 0 saturated carbocycles. The van der Waals surface area contributed by atoms with Crippen LogP contribution in [0.5, 0.6) is 0 Å². The maximum atomic E-state index is 10.7. The lowest BCUT2D eigenvalue weighted by Gasteiger charge is -2.21. The van der Waals surface area contributed by atoms with E-state index in [0.29, 0.717) is 0 Å². The highest BCUT2D eigenvalue weighted by atomic mass is 16.2. The van der Waals surface area contributed by atoms with Crippen molar-refractivity contribution >= 4 is 6.29 Å². The Morgan fingerprint density at radius 2 is 2.23 bits per heavy atom. The third-order valence-corrected chi connectivity index (χ3v) is 2.08. The topological polar surface area (TPSA) is 37.3 Å². The number of hydrogen-bond donors (Lipinski definition) is 1. The van der Waals surface area contributed by atoms with Crippen molar-refractivity contribution in [3.8, 4) is 0 Å². The minimum Gasteiger partial charge on any atom is -0.400 e. The number of hydrogen-bond acceptors (Lipinski definition) is 2. The Morgan fingerprint density at radius 1 is 1.62 bits per heavy atom. The third kappa shape index (κ3) is 3.55. The fourth-order valence-electron chi connectivity index (χ4n) is 1.30. The Kier molecular flexibility index (Phi) is 5.31. The van der Waals surface area contributed by atoms with Gasteiger partial charge in [-0.1, -0.05) is 30.7 Å². The van der Waals surface area contributed by atoms with Crippen LogP contribution >= 0.6 is 0 Å². The highest BCUT2D eigenvalue weighted by Gasteiger charge is 2.21. The third-order valence-electron chi connectivity index (χ3n) is 2.08. The maximum absolute atomic E-state index is 10.7. The average Bonchev–Trinajstić information content (AvgIpc) is 2.21. The molecule has 0 amide bonds. The van der Waals surface area contributed by atoms with E-state index in [2.05, 4.69) is 25.2 Å². The molecule has 0 aromatic carbocycles. The van der Waals surface area contributed by atoms with E-state index in [0.717, 1.165) is 26.2 Å². The molecule has 0 saturated heterocycles. The fourth-order valence-corrected chi connectivity index (χ4v) is 1.30. The van der Waals surface area contributed by atoms with Crippen molar-refractivity contribution in [3.63, 3.8) is 0 Å². The van der Waals surface area contributed by atoms with Crippen molar-refractivity contribution in [2.75, 3.05) is 7.11 Å². The highest BCUT2D eigenvalue weighted by molar-refractivity contribution is 5.64. The van der Waals surface area contributed by atoms with Crippen LogP contribution in [0.2, 0.25) is 0 Å². The number of carbonyl (C=O) groups excluding carboxylic acids is 1. The molecule has 1 atom stereocenters. The fraction of sp³-hybridized carbons (Fsp3) is 0.545. The lowest BCUT2D eigenvalue weighted by atomic mass is 9.82. The Morgan fingerprint density at radius 3 is 2.69 bits per heavy atom. The van der Waals surface area contributed by atoms with Gasteiger partial charge in [0, 0.05) is 12.5 Å². The first-order valence-corrected chi connectivity index (χ1v) is 4.49. The Balaban J connectivity index is 0.000000671. The summed E-state index contributed by atoms with van der Waals surface area (Å²) in [7, 11) is 1.00. The molecule has 0 aromatic rings. The van der Waals surface area contributed by atoms with Gasteiger partial charge in [-0.05, 0) is 19.8 Å². The van der Waals surface area contributed by atoms with E-state index < -0.39 is 0 Å². The minimum atomic E-state index is -0.236. The summed E-state index contributed by atoms with van der Waals surface area (Å²) in [5, 5.41) is 7.00. The molecule has 0 bridgehead atoms.